The average molecular weight is 284 g/mol. The number of sulfonamides is 1. The van der Waals surface area contributed by atoms with Crippen molar-refractivity contribution in [2.24, 2.45) is 11.8 Å². The van der Waals surface area contributed by atoms with Crippen LogP contribution in [0.2, 0.25) is 0 Å². The Labute approximate surface area is 109 Å². The van der Waals surface area contributed by atoms with Crippen LogP contribution in [0.3, 0.4) is 0 Å². The first-order valence-electron chi connectivity index (χ1n) is 6.11. The molecular weight excluding hydrogens is 262 g/mol. The fourth-order valence-electron chi connectivity index (χ4n) is 1.96. The Hall–Kier alpha value is 0.160. The highest BCUT2D eigenvalue weighted by Crippen LogP contribution is 2.17. The molecule has 0 bridgehead atoms. The fraction of sp³-hybridized carbons (Fsp3) is 1.00. The van der Waals surface area contributed by atoms with E-state index in [-0.39, 0.29) is 11.7 Å². The van der Waals surface area contributed by atoms with Gasteiger partial charge in [-0.15, -0.1) is 11.6 Å². The molecule has 6 heteroatoms. The lowest BCUT2D eigenvalue weighted by Gasteiger charge is -2.24. The number of alkyl halides is 1. The summed E-state index contributed by atoms with van der Waals surface area (Å²) in [6.45, 7) is 6.26. The lowest BCUT2D eigenvalue weighted by atomic mass is 10.1. The molecule has 1 aliphatic rings. The molecule has 0 N–H and O–H groups in total. The normalized spacial score (nSPS) is 23.2. The van der Waals surface area contributed by atoms with Gasteiger partial charge in [0.1, 0.15) is 0 Å². The zero-order valence-electron chi connectivity index (χ0n) is 10.6. The van der Waals surface area contributed by atoms with E-state index < -0.39 is 10.0 Å². The summed E-state index contributed by atoms with van der Waals surface area (Å²) in [5, 5.41) is 0. The summed E-state index contributed by atoms with van der Waals surface area (Å²) in [6.07, 6.45) is 0.955. The third-order valence-corrected chi connectivity index (χ3v) is 5.70. The lowest BCUT2D eigenvalue weighted by Crippen LogP contribution is -2.38. The van der Waals surface area contributed by atoms with Gasteiger partial charge in [0, 0.05) is 25.6 Å². The maximum atomic E-state index is 12.1. The average Bonchev–Trinajstić information content (AvgIpc) is 2.77. The van der Waals surface area contributed by atoms with Gasteiger partial charge < -0.3 is 4.74 Å². The van der Waals surface area contributed by atoms with Gasteiger partial charge in [-0.2, -0.15) is 0 Å². The molecule has 17 heavy (non-hydrogen) atoms. The quantitative estimate of drug-likeness (QED) is 0.666. The maximum absolute atomic E-state index is 12.1. The molecule has 2 atom stereocenters. The Morgan fingerprint density at radius 3 is 2.71 bits per heavy atom. The summed E-state index contributed by atoms with van der Waals surface area (Å²) in [4.78, 5) is 0. The summed E-state index contributed by atoms with van der Waals surface area (Å²) >= 11 is 5.67. The molecular formula is C11H22ClNO3S. The van der Waals surface area contributed by atoms with E-state index in [2.05, 4.69) is 0 Å². The Kier molecular flexibility index (Phi) is 6.20. The number of hydrogen-bond donors (Lipinski definition) is 0. The van der Waals surface area contributed by atoms with Crippen molar-refractivity contribution >= 4 is 21.6 Å². The van der Waals surface area contributed by atoms with Gasteiger partial charge in [-0.05, 0) is 18.3 Å². The van der Waals surface area contributed by atoms with E-state index in [1.807, 2.05) is 13.8 Å². The van der Waals surface area contributed by atoms with Crippen LogP contribution in [0.25, 0.3) is 0 Å². The van der Waals surface area contributed by atoms with Crippen LogP contribution < -0.4 is 0 Å². The zero-order chi connectivity index (χ0) is 12.9. The van der Waals surface area contributed by atoms with E-state index in [0.29, 0.717) is 31.5 Å². The SMILES string of the molecule is CCN(CC1CCOC1)S(=O)(=O)CC(C)CCl. The standard InChI is InChI=1S/C11H22ClNO3S/c1-3-13(7-11-4-5-16-8-11)17(14,15)9-10(2)6-12/h10-11H,3-9H2,1-2H3. The van der Waals surface area contributed by atoms with Crippen LogP contribution in [0.1, 0.15) is 20.3 Å². The Morgan fingerprint density at radius 2 is 2.24 bits per heavy atom. The molecule has 1 heterocycles. The van der Waals surface area contributed by atoms with Crippen LogP contribution >= 0.6 is 11.6 Å². The third kappa shape index (κ3) is 4.73. The first-order valence-corrected chi connectivity index (χ1v) is 8.25. The highest BCUT2D eigenvalue weighted by atomic mass is 35.5. The number of rotatable bonds is 7. The number of ether oxygens (including phenoxy) is 1. The molecule has 0 aromatic rings. The molecule has 2 unspecified atom stereocenters. The smallest absolute Gasteiger partial charge is 0.214 e. The second-order valence-corrected chi connectivity index (χ2v) is 7.04. The minimum atomic E-state index is -3.18. The zero-order valence-corrected chi connectivity index (χ0v) is 12.1. The van der Waals surface area contributed by atoms with E-state index in [4.69, 9.17) is 16.3 Å². The first kappa shape index (κ1) is 15.2. The fourth-order valence-corrected chi connectivity index (χ4v) is 4.08. The molecule has 0 aromatic carbocycles. The molecule has 0 amide bonds. The van der Waals surface area contributed by atoms with Crippen LogP contribution in [0.15, 0.2) is 0 Å². The van der Waals surface area contributed by atoms with Gasteiger partial charge in [0.25, 0.3) is 0 Å². The van der Waals surface area contributed by atoms with E-state index in [9.17, 15) is 8.42 Å². The summed E-state index contributed by atoms with van der Waals surface area (Å²) in [5.41, 5.74) is 0. The summed E-state index contributed by atoms with van der Waals surface area (Å²) in [6, 6.07) is 0. The molecule has 4 nitrogen and oxygen atoms in total. The van der Waals surface area contributed by atoms with E-state index >= 15 is 0 Å². The van der Waals surface area contributed by atoms with Crippen molar-refractivity contribution in [1.82, 2.24) is 4.31 Å². The molecule has 0 aromatic heterocycles. The topological polar surface area (TPSA) is 46.6 Å². The second kappa shape index (κ2) is 6.92. The minimum absolute atomic E-state index is 0.00413. The third-order valence-electron chi connectivity index (χ3n) is 2.99. The van der Waals surface area contributed by atoms with Crippen LogP contribution in [0.5, 0.6) is 0 Å². The lowest BCUT2D eigenvalue weighted by molar-refractivity contribution is 0.180. The molecule has 1 aliphatic heterocycles. The Balaban J connectivity index is 2.58. The number of hydrogen-bond acceptors (Lipinski definition) is 3. The summed E-state index contributed by atoms with van der Waals surface area (Å²) in [5.74, 6) is 0.855. The molecule has 1 saturated heterocycles. The van der Waals surface area contributed by atoms with Crippen LogP contribution in [0, 0.1) is 11.8 Å². The van der Waals surface area contributed by atoms with Gasteiger partial charge in [-0.25, -0.2) is 12.7 Å². The van der Waals surface area contributed by atoms with Gasteiger partial charge >= 0.3 is 0 Å². The predicted octanol–water partition coefficient (Wildman–Crippen LogP) is 1.55. The summed E-state index contributed by atoms with van der Waals surface area (Å²) in [7, 11) is -3.18. The van der Waals surface area contributed by atoms with Crippen molar-refractivity contribution < 1.29 is 13.2 Å². The van der Waals surface area contributed by atoms with Crippen molar-refractivity contribution in [2.45, 2.75) is 20.3 Å². The van der Waals surface area contributed by atoms with Crippen LogP contribution in [0.4, 0.5) is 0 Å². The largest absolute Gasteiger partial charge is 0.381 e. The van der Waals surface area contributed by atoms with Crippen molar-refractivity contribution in [3.63, 3.8) is 0 Å². The maximum Gasteiger partial charge on any atom is 0.214 e. The van der Waals surface area contributed by atoms with Gasteiger partial charge in [0.05, 0.1) is 12.4 Å². The van der Waals surface area contributed by atoms with Crippen molar-refractivity contribution in [3.8, 4) is 0 Å². The van der Waals surface area contributed by atoms with Gasteiger partial charge in [0.15, 0.2) is 0 Å². The van der Waals surface area contributed by atoms with Crippen LogP contribution in [-0.2, 0) is 14.8 Å². The first-order chi connectivity index (χ1) is 7.99. The molecule has 0 aliphatic carbocycles. The number of halogens is 1. The number of nitrogens with zero attached hydrogens (tertiary/aromatic N) is 1. The predicted molar refractivity (Wildman–Crippen MR) is 69.8 cm³/mol. The molecule has 0 radical (unpaired) electrons. The Bertz CT molecular complexity index is 315. The van der Waals surface area contributed by atoms with E-state index in [1.54, 1.807) is 4.31 Å². The highest BCUT2D eigenvalue weighted by Gasteiger charge is 2.27. The monoisotopic (exact) mass is 283 g/mol. The van der Waals surface area contributed by atoms with Crippen LogP contribution in [-0.4, -0.2) is 50.7 Å². The molecule has 1 fully saturated rings. The van der Waals surface area contributed by atoms with Crippen molar-refractivity contribution in [2.75, 3.05) is 37.9 Å². The summed E-state index contributed by atoms with van der Waals surface area (Å²) < 4.78 is 31.1. The van der Waals surface area contributed by atoms with Gasteiger partial charge in [-0.3, -0.25) is 0 Å². The minimum Gasteiger partial charge on any atom is -0.381 e. The van der Waals surface area contributed by atoms with Gasteiger partial charge in [-0.1, -0.05) is 13.8 Å². The Morgan fingerprint density at radius 1 is 1.53 bits per heavy atom. The van der Waals surface area contributed by atoms with E-state index in [1.165, 1.54) is 0 Å². The highest BCUT2D eigenvalue weighted by molar-refractivity contribution is 7.89. The van der Waals surface area contributed by atoms with Gasteiger partial charge in [0.2, 0.25) is 10.0 Å². The molecule has 0 spiro atoms. The van der Waals surface area contributed by atoms with Crippen molar-refractivity contribution in [1.29, 1.82) is 0 Å². The van der Waals surface area contributed by atoms with E-state index in [0.717, 1.165) is 13.0 Å². The molecule has 0 saturated carbocycles. The second-order valence-electron chi connectivity index (χ2n) is 4.72. The van der Waals surface area contributed by atoms with Crippen molar-refractivity contribution in [3.05, 3.63) is 0 Å². The molecule has 1 rings (SSSR count). The molecule has 102 valence electrons.